The first-order valence-corrected chi connectivity index (χ1v) is 7.82. The molecule has 20 heavy (non-hydrogen) atoms. The Morgan fingerprint density at radius 2 is 1.95 bits per heavy atom. The summed E-state index contributed by atoms with van der Waals surface area (Å²) in [6, 6.07) is 6.64. The summed E-state index contributed by atoms with van der Waals surface area (Å²) < 4.78 is 27.3. The third-order valence-electron chi connectivity index (χ3n) is 2.94. The number of nitrogens with one attached hydrogen (secondary N) is 2. The normalized spacial score (nSPS) is 11.5. The van der Waals surface area contributed by atoms with Crippen molar-refractivity contribution in [2.45, 2.75) is 24.9 Å². The van der Waals surface area contributed by atoms with Gasteiger partial charge in [-0.05, 0) is 38.2 Å². The molecule has 1 aromatic heterocycles. The van der Waals surface area contributed by atoms with Gasteiger partial charge in [-0.25, -0.2) is 13.1 Å². The molecule has 1 heterocycles. The summed E-state index contributed by atoms with van der Waals surface area (Å²) in [4.78, 5) is 0.254. The number of hydrogen-bond donors (Lipinski definition) is 2. The highest BCUT2D eigenvalue weighted by molar-refractivity contribution is 7.89. The van der Waals surface area contributed by atoms with Crippen LogP contribution >= 0.6 is 0 Å². The quantitative estimate of drug-likeness (QED) is 0.845. The van der Waals surface area contributed by atoms with Gasteiger partial charge in [0.15, 0.2) is 0 Å². The molecule has 0 atom stereocenters. The number of anilines is 1. The van der Waals surface area contributed by atoms with Crippen LogP contribution in [0.1, 0.15) is 12.5 Å². The van der Waals surface area contributed by atoms with Crippen molar-refractivity contribution in [1.29, 1.82) is 0 Å². The van der Waals surface area contributed by atoms with E-state index in [9.17, 15) is 8.42 Å². The lowest BCUT2D eigenvalue weighted by Gasteiger charge is -2.06. The van der Waals surface area contributed by atoms with Gasteiger partial charge >= 0.3 is 0 Å². The van der Waals surface area contributed by atoms with Crippen molar-refractivity contribution in [2.24, 2.45) is 0 Å². The Balaban J connectivity index is 2.00. The standard InChI is InChI=1S/C13H18N4O2S/c1-3-17-10-11(9-16-17)8-15-12-4-6-13(7-5-12)20(18,19)14-2/h4-7,9-10,14-15H,3,8H2,1-2H3. The van der Waals surface area contributed by atoms with Crippen molar-refractivity contribution in [2.75, 3.05) is 12.4 Å². The monoisotopic (exact) mass is 294 g/mol. The Labute approximate surface area is 118 Å². The van der Waals surface area contributed by atoms with E-state index in [0.717, 1.165) is 17.8 Å². The molecule has 6 nitrogen and oxygen atoms in total. The highest BCUT2D eigenvalue weighted by Gasteiger charge is 2.10. The summed E-state index contributed by atoms with van der Waals surface area (Å²) >= 11 is 0. The van der Waals surface area contributed by atoms with E-state index in [2.05, 4.69) is 15.1 Å². The van der Waals surface area contributed by atoms with E-state index in [0.29, 0.717) is 6.54 Å². The molecule has 0 radical (unpaired) electrons. The van der Waals surface area contributed by atoms with Crippen LogP contribution in [0.4, 0.5) is 5.69 Å². The lowest BCUT2D eigenvalue weighted by atomic mass is 10.3. The van der Waals surface area contributed by atoms with Crippen LogP contribution < -0.4 is 10.0 Å². The van der Waals surface area contributed by atoms with E-state index >= 15 is 0 Å². The maximum Gasteiger partial charge on any atom is 0.240 e. The van der Waals surface area contributed by atoms with Gasteiger partial charge in [-0.15, -0.1) is 0 Å². The number of nitrogens with zero attached hydrogens (tertiary/aromatic N) is 2. The molecule has 0 bridgehead atoms. The summed E-state index contributed by atoms with van der Waals surface area (Å²) in [5, 5.41) is 7.42. The van der Waals surface area contributed by atoms with Crippen molar-refractivity contribution in [3.05, 3.63) is 42.2 Å². The van der Waals surface area contributed by atoms with Gasteiger partial charge in [0.05, 0.1) is 11.1 Å². The lowest BCUT2D eigenvalue weighted by Crippen LogP contribution is -2.18. The molecule has 0 saturated heterocycles. The molecule has 0 aliphatic carbocycles. The smallest absolute Gasteiger partial charge is 0.240 e. The maximum absolute atomic E-state index is 11.6. The maximum atomic E-state index is 11.6. The minimum absolute atomic E-state index is 0.254. The second kappa shape index (κ2) is 6.06. The zero-order valence-corrected chi connectivity index (χ0v) is 12.3. The number of sulfonamides is 1. The predicted octanol–water partition coefficient (Wildman–Crippen LogP) is 1.42. The summed E-state index contributed by atoms with van der Waals surface area (Å²) in [6.07, 6.45) is 3.79. The van der Waals surface area contributed by atoms with Crippen LogP contribution in [0, 0.1) is 0 Å². The van der Waals surface area contributed by atoms with Crippen LogP contribution in [0.3, 0.4) is 0 Å². The van der Waals surface area contributed by atoms with Crippen molar-refractivity contribution >= 4 is 15.7 Å². The number of rotatable bonds is 6. The molecule has 2 rings (SSSR count). The van der Waals surface area contributed by atoms with E-state index in [1.54, 1.807) is 24.3 Å². The van der Waals surface area contributed by atoms with Crippen molar-refractivity contribution in [1.82, 2.24) is 14.5 Å². The van der Waals surface area contributed by atoms with Gasteiger partial charge in [0.1, 0.15) is 0 Å². The minimum atomic E-state index is -3.37. The van der Waals surface area contributed by atoms with Crippen LogP contribution in [0.25, 0.3) is 0 Å². The molecule has 0 aliphatic rings. The SMILES string of the molecule is CCn1cc(CNc2ccc(S(=O)(=O)NC)cc2)cn1. The molecule has 0 saturated carbocycles. The average Bonchev–Trinajstić information content (AvgIpc) is 2.93. The molecule has 0 fully saturated rings. The Hall–Kier alpha value is -1.86. The fourth-order valence-corrected chi connectivity index (χ4v) is 2.47. The molecule has 0 aliphatic heterocycles. The molecule has 108 valence electrons. The van der Waals surface area contributed by atoms with Gasteiger partial charge in [0.2, 0.25) is 10.0 Å². The van der Waals surface area contributed by atoms with E-state index in [1.165, 1.54) is 7.05 Å². The van der Waals surface area contributed by atoms with Crippen LogP contribution in [0.15, 0.2) is 41.6 Å². The molecular weight excluding hydrogens is 276 g/mol. The van der Waals surface area contributed by atoms with Crippen LogP contribution in [-0.2, 0) is 23.1 Å². The van der Waals surface area contributed by atoms with Gasteiger partial charge in [-0.3, -0.25) is 4.68 Å². The van der Waals surface area contributed by atoms with Gasteiger partial charge in [-0.1, -0.05) is 0 Å². The average molecular weight is 294 g/mol. The first kappa shape index (κ1) is 14.5. The van der Waals surface area contributed by atoms with Crippen molar-refractivity contribution in [3.63, 3.8) is 0 Å². The molecule has 0 amide bonds. The highest BCUT2D eigenvalue weighted by atomic mass is 32.2. The predicted molar refractivity (Wildman–Crippen MR) is 77.9 cm³/mol. The highest BCUT2D eigenvalue weighted by Crippen LogP contribution is 2.14. The number of aryl methyl sites for hydroxylation is 1. The summed E-state index contributed by atoms with van der Waals surface area (Å²) in [7, 11) is -1.98. The topological polar surface area (TPSA) is 76.0 Å². The van der Waals surface area contributed by atoms with Gasteiger partial charge < -0.3 is 5.32 Å². The molecule has 7 heteroatoms. The molecule has 1 aromatic carbocycles. The fourth-order valence-electron chi connectivity index (χ4n) is 1.74. The zero-order valence-electron chi connectivity index (χ0n) is 11.5. The summed E-state index contributed by atoms with van der Waals surface area (Å²) in [5.74, 6) is 0. The molecule has 2 aromatic rings. The minimum Gasteiger partial charge on any atom is -0.381 e. The van der Waals surface area contributed by atoms with Crippen LogP contribution in [0.2, 0.25) is 0 Å². The van der Waals surface area contributed by atoms with Gasteiger partial charge in [0, 0.05) is 30.5 Å². The Morgan fingerprint density at radius 1 is 1.25 bits per heavy atom. The molecule has 2 N–H and O–H groups in total. The third kappa shape index (κ3) is 3.37. The van der Waals surface area contributed by atoms with E-state index in [-0.39, 0.29) is 4.90 Å². The van der Waals surface area contributed by atoms with E-state index in [4.69, 9.17) is 0 Å². The lowest BCUT2D eigenvalue weighted by molar-refractivity contribution is 0.588. The number of aromatic nitrogens is 2. The second-order valence-corrected chi connectivity index (χ2v) is 6.18. The Morgan fingerprint density at radius 3 is 2.50 bits per heavy atom. The van der Waals surface area contributed by atoms with Crippen molar-refractivity contribution < 1.29 is 8.42 Å². The van der Waals surface area contributed by atoms with E-state index < -0.39 is 10.0 Å². The van der Waals surface area contributed by atoms with Crippen LogP contribution in [0.5, 0.6) is 0 Å². The van der Waals surface area contributed by atoms with Crippen molar-refractivity contribution in [3.8, 4) is 0 Å². The Bertz CT molecular complexity index is 662. The fraction of sp³-hybridized carbons (Fsp3) is 0.308. The Kier molecular flexibility index (Phi) is 4.41. The van der Waals surface area contributed by atoms with Gasteiger partial charge in [0.25, 0.3) is 0 Å². The van der Waals surface area contributed by atoms with E-state index in [1.807, 2.05) is 24.0 Å². The number of hydrogen-bond acceptors (Lipinski definition) is 4. The molecule has 0 spiro atoms. The zero-order chi connectivity index (χ0) is 14.6. The van der Waals surface area contributed by atoms with Crippen LogP contribution in [-0.4, -0.2) is 25.2 Å². The number of benzene rings is 1. The first-order chi connectivity index (χ1) is 9.55. The second-order valence-electron chi connectivity index (χ2n) is 4.29. The summed E-state index contributed by atoms with van der Waals surface area (Å²) in [6.45, 7) is 3.53. The largest absolute Gasteiger partial charge is 0.381 e. The molecular formula is C13H18N4O2S. The summed E-state index contributed by atoms with van der Waals surface area (Å²) in [5.41, 5.74) is 1.95. The first-order valence-electron chi connectivity index (χ1n) is 6.34. The molecule has 0 unspecified atom stereocenters. The van der Waals surface area contributed by atoms with Gasteiger partial charge in [-0.2, -0.15) is 5.10 Å². The third-order valence-corrected chi connectivity index (χ3v) is 4.37.